The normalized spacial score (nSPS) is 19.7. The molecule has 1 aromatic carbocycles. The van der Waals surface area contributed by atoms with Crippen molar-refractivity contribution in [3.63, 3.8) is 0 Å². The highest BCUT2D eigenvalue weighted by molar-refractivity contribution is 5.68. The zero-order chi connectivity index (χ0) is 17.2. The summed E-state index contributed by atoms with van der Waals surface area (Å²) in [5, 5.41) is 0. The molecule has 0 radical (unpaired) electrons. The molecule has 2 rings (SSSR count). The largest absolute Gasteiger partial charge is 0.444 e. The molecule has 4 nitrogen and oxygen atoms in total. The van der Waals surface area contributed by atoms with Gasteiger partial charge in [0.2, 0.25) is 0 Å². The van der Waals surface area contributed by atoms with Crippen molar-refractivity contribution in [1.82, 2.24) is 4.90 Å². The van der Waals surface area contributed by atoms with Crippen LogP contribution in [-0.2, 0) is 11.2 Å². The van der Waals surface area contributed by atoms with E-state index in [1.54, 1.807) is 4.90 Å². The van der Waals surface area contributed by atoms with Gasteiger partial charge in [-0.3, -0.25) is 0 Å². The molecule has 1 amide bonds. The highest BCUT2D eigenvalue weighted by Gasteiger charge is 2.32. The van der Waals surface area contributed by atoms with Gasteiger partial charge in [0.15, 0.2) is 0 Å². The number of amides is 1. The SMILES string of the molecule is CC(C)(C)OC(=O)N1CCC(C(N)Cc2cc(F)cc(F)c2)C1. The van der Waals surface area contributed by atoms with Crippen LogP contribution < -0.4 is 5.73 Å². The average molecular weight is 326 g/mol. The number of carbonyl (C=O) groups excluding carboxylic acids is 1. The minimum atomic E-state index is -0.603. The molecule has 2 N–H and O–H groups in total. The van der Waals surface area contributed by atoms with Crippen molar-refractivity contribution in [3.8, 4) is 0 Å². The Kier molecular flexibility index (Phi) is 5.24. The van der Waals surface area contributed by atoms with Gasteiger partial charge >= 0.3 is 6.09 Å². The Balaban J connectivity index is 1.92. The van der Waals surface area contributed by atoms with E-state index in [0.717, 1.165) is 12.5 Å². The van der Waals surface area contributed by atoms with Crippen molar-refractivity contribution in [2.75, 3.05) is 13.1 Å². The topological polar surface area (TPSA) is 55.6 Å². The summed E-state index contributed by atoms with van der Waals surface area (Å²) in [6, 6.07) is 3.17. The fraction of sp³-hybridized carbons (Fsp3) is 0.588. The van der Waals surface area contributed by atoms with Gasteiger partial charge in [-0.1, -0.05) is 0 Å². The number of hydrogen-bond acceptors (Lipinski definition) is 3. The maximum absolute atomic E-state index is 13.2. The summed E-state index contributed by atoms with van der Waals surface area (Å²) in [6.45, 7) is 6.56. The van der Waals surface area contributed by atoms with Gasteiger partial charge in [0.1, 0.15) is 17.2 Å². The molecule has 1 fully saturated rings. The first-order chi connectivity index (χ1) is 10.6. The third kappa shape index (κ3) is 5.16. The van der Waals surface area contributed by atoms with Crippen LogP contribution in [0, 0.1) is 17.6 Å². The Morgan fingerprint density at radius 1 is 1.35 bits per heavy atom. The van der Waals surface area contributed by atoms with Gasteiger partial charge in [-0.2, -0.15) is 0 Å². The molecule has 1 saturated heterocycles. The first-order valence-corrected chi connectivity index (χ1v) is 7.82. The molecule has 2 unspecified atom stereocenters. The molecule has 1 aliphatic heterocycles. The third-order valence-corrected chi connectivity index (χ3v) is 3.88. The van der Waals surface area contributed by atoms with Crippen molar-refractivity contribution in [3.05, 3.63) is 35.4 Å². The van der Waals surface area contributed by atoms with Crippen molar-refractivity contribution < 1.29 is 18.3 Å². The summed E-state index contributed by atoms with van der Waals surface area (Å²) in [4.78, 5) is 13.7. The summed E-state index contributed by atoms with van der Waals surface area (Å²) in [5.41, 5.74) is 6.18. The molecule has 2 atom stereocenters. The maximum atomic E-state index is 13.2. The molecule has 6 heteroatoms. The average Bonchev–Trinajstić information content (AvgIpc) is 2.84. The van der Waals surface area contributed by atoms with Crippen LogP contribution in [-0.4, -0.2) is 35.7 Å². The number of carbonyl (C=O) groups is 1. The molecule has 0 aliphatic carbocycles. The van der Waals surface area contributed by atoms with E-state index in [0.29, 0.717) is 25.1 Å². The summed E-state index contributed by atoms with van der Waals surface area (Å²) in [7, 11) is 0. The van der Waals surface area contributed by atoms with Gasteiger partial charge in [0.05, 0.1) is 0 Å². The van der Waals surface area contributed by atoms with E-state index in [1.807, 2.05) is 20.8 Å². The van der Waals surface area contributed by atoms with E-state index in [4.69, 9.17) is 10.5 Å². The standard InChI is InChI=1S/C17H24F2N2O2/c1-17(2,3)23-16(22)21-5-4-12(10-21)15(20)8-11-6-13(18)9-14(19)7-11/h6-7,9,12,15H,4-5,8,10,20H2,1-3H3. The van der Waals surface area contributed by atoms with E-state index < -0.39 is 17.2 Å². The molecule has 1 aromatic rings. The van der Waals surface area contributed by atoms with E-state index in [9.17, 15) is 13.6 Å². The lowest BCUT2D eigenvalue weighted by Crippen LogP contribution is -2.38. The van der Waals surface area contributed by atoms with E-state index in [1.165, 1.54) is 12.1 Å². The quantitative estimate of drug-likeness (QED) is 0.928. The second-order valence-electron chi connectivity index (χ2n) is 7.12. The molecule has 23 heavy (non-hydrogen) atoms. The Bertz CT molecular complexity index is 552. The van der Waals surface area contributed by atoms with E-state index in [2.05, 4.69) is 0 Å². The fourth-order valence-corrected chi connectivity index (χ4v) is 2.80. The summed E-state index contributed by atoms with van der Waals surface area (Å²) in [5.74, 6) is -1.11. The monoisotopic (exact) mass is 326 g/mol. The Hall–Kier alpha value is -1.69. The maximum Gasteiger partial charge on any atom is 0.410 e. The Labute approximate surface area is 135 Å². The number of likely N-dealkylation sites (tertiary alicyclic amines) is 1. The van der Waals surface area contributed by atoms with Crippen LogP contribution in [0.25, 0.3) is 0 Å². The smallest absolute Gasteiger partial charge is 0.410 e. The number of rotatable bonds is 3. The molecule has 1 aliphatic rings. The number of nitrogens with zero attached hydrogens (tertiary/aromatic N) is 1. The van der Waals surface area contributed by atoms with Gasteiger partial charge in [-0.05, 0) is 57.2 Å². The van der Waals surface area contributed by atoms with Crippen molar-refractivity contribution >= 4 is 6.09 Å². The predicted molar refractivity (Wildman–Crippen MR) is 84.0 cm³/mol. The second kappa shape index (κ2) is 6.83. The number of benzene rings is 1. The number of nitrogens with two attached hydrogens (primary N) is 1. The van der Waals surface area contributed by atoms with Gasteiger partial charge in [-0.15, -0.1) is 0 Å². The molecule has 0 saturated carbocycles. The van der Waals surface area contributed by atoms with E-state index in [-0.39, 0.29) is 18.1 Å². The second-order valence-corrected chi connectivity index (χ2v) is 7.12. The van der Waals surface area contributed by atoms with Crippen LogP contribution in [0.5, 0.6) is 0 Å². The molecule has 1 heterocycles. The minimum Gasteiger partial charge on any atom is -0.444 e. The number of halogens is 2. The third-order valence-electron chi connectivity index (χ3n) is 3.88. The number of ether oxygens (including phenoxy) is 1. The zero-order valence-corrected chi connectivity index (χ0v) is 13.8. The van der Waals surface area contributed by atoms with Crippen LogP contribution in [0.3, 0.4) is 0 Å². The lowest BCUT2D eigenvalue weighted by molar-refractivity contribution is 0.0286. The lowest BCUT2D eigenvalue weighted by Gasteiger charge is -2.25. The van der Waals surface area contributed by atoms with Crippen LogP contribution in [0.4, 0.5) is 13.6 Å². The molecular weight excluding hydrogens is 302 g/mol. The molecule has 0 spiro atoms. The van der Waals surface area contributed by atoms with Crippen LogP contribution >= 0.6 is 0 Å². The Morgan fingerprint density at radius 2 is 1.96 bits per heavy atom. The molecular formula is C17H24F2N2O2. The van der Waals surface area contributed by atoms with Crippen molar-refractivity contribution in [1.29, 1.82) is 0 Å². The zero-order valence-electron chi connectivity index (χ0n) is 13.8. The fourth-order valence-electron chi connectivity index (χ4n) is 2.80. The van der Waals surface area contributed by atoms with Crippen molar-refractivity contribution in [2.24, 2.45) is 11.7 Å². The summed E-state index contributed by atoms with van der Waals surface area (Å²) >= 11 is 0. The number of hydrogen-bond donors (Lipinski definition) is 1. The molecule has 0 bridgehead atoms. The minimum absolute atomic E-state index is 0.0915. The first-order valence-electron chi connectivity index (χ1n) is 7.82. The first kappa shape index (κ1) is 17.7. The van der Waals surface area contributed by atoms with E-state index >= 15 is 0 Å². The lowest BCUT2D eigenvalue weighted by atomic mass is 9.93. The molecule has 128 valence electrons. The van der Waals surface area contributed by atoms with Gasteiger partial charge in [0.25, 0.3) is 0 Å². The van der Waals surface area contributed by atoms with Crippen LogP contribution in [0.1, 0.15) is 32.8 Å². The highest BCUT2D eigenvalue weighted by Crippen LogP contribution is 2.23. The van der Waals surface area contributed by atoms with Crippen molar-refractivity contribution in [2.45, 2.75) is 45.3 Å². The van der Waals surface area contributed by atoms with Gasteiger partial charge < -0.3 is 15.4 Å². The van der Waals surface area contributed by atoms with Crippen LogP contribution in [0.2, 0.25) is 0 Å². The summed E-state index contributed by atoms with van der Waals surface area (Å²) < 4.78 is 31.8. The van der Waals surface area contributed by atoms with Crippen LogP contribution in [0.15, 0.2) is 18.2 Å². The Morgan fingerprint density at radius 3 is 2.52 bits per heavy atom. The molecule has 0 aromatic heterocycles. The van der Waals surface area contributed by atoms with Gasteiger partial charge in [-0.25, -0.2) is 13.6 Å². The summed E-state index contributed by atoms with van der Waals surface area (Å²) in [6.07, 6.45) is 0.795. The predicted octanol–water partition coefficient (Wildman–Crippen LogP) is 3.09. The highest BCUT2D eigenvalue weighted by atomic mass is 19.1. The van der Waals surface area contributed by atoms with Gasteiger partial charge in [0, 0.05) is 25.2 Å².